The van der Waals surface area contributed by atoms with Gasteiger partial charge in [0.2, 0.25) is 11.8 Å². The minimum absolute atomic E-state index is 0.00914. The number of nitrogens with zero attached hydrogens (tertiary/aromatic N) is 4. The lowest BCUT2D eigenvalue weighted by molar-refractivity contribution is -0.130. The molecule has 1 aromatic carbocycles. The molecule has 1 aromatic heterocycles. The summed E-state index contributed by atoms with van der Waals surface area (Å²) in [5.74, 6) is 2.48. The number of carbonyl (C=O) groups is 2. The number of benzene rings is 1. The topological polar surface area (TPSA) is 101 Å². The van der Waals surface area contributed by atoms with Gasteiger partial charge in [0, 0.05) is 44.6 Å². The zero-order valence-electron chi connectivity index (χ0n) is 18.0. The first-order valence-electron chi connectivity index (χ1n) is 10.8. The number of carbonyl (C=O) groups excluding carboxylic acids is 2. The van der Waals surface area contributed by atoms with Crippen LogP contribution >= 0.6 is 0 Å². The van der Waals surface area contributed by atoms with Crippen molar-refractivity contribution in [2.45, 2.75) is 51.0 Å². The quantitative estimate of drug-likeness (QED) is 0.729. The normalized spacial score (nSPS) is 18.5. The molecule has 3 amide bonds. The predicted octanol–water partition coefficient (Wildman–Crippen LogP) is 3.04. The molecule has 2 aromatic rings. The maximum atomic E-state index is 12.6. The van der Waals surface area contributed by atoms with Crippen molar-refractivity contribution in [1.82, 2.24) is 19.9 Å². The Morgan fingerprint density at radius 1 is 1.26 bits per heavy atom. The predicted molar refractivity (Wildman–Crippen MR) is 114 cm³/mol. The summed E-state index contributed by atoms with van der Waals surface area (Å²) < 4.78 is 10.5. The monoisotopic (exact) mass is 427 g/mol. The molecule has 9 heteroatoms. The molecule has 0 spiro atoms. The maximum absolute atomic E-state index is 12.6. The van der Waals surface area contributed by atoms with E-state index in [9.17, 15) is 9.59 Å². The third-order valence-corrected chi connectivity index (χ3v) is 6.15. The molecule has 4 rings (SSSR count). The Balaban J connectivity index is 1.30. The molecular formula is C22H29N5O4. The van der Waals surface area contributed by atoms with Gasteiger partial charge in [0.25, 0.3) is 0 Å². The van der Waals surface area contributed by atoms with E-state index in [-0.39, 0.29) is 18.0 Å². The lowest BCUT2D eigenvalue weighted by Gasteiger charge is -2.27. The molecule has 1 N–H and O–H groups in total. The minimum atomic E-state index is -0.167. The summed E-state index contributed by atoms with van der Waals surface area (Å²) in [4.78, 5) is 33.0. The van der Waals surface area contributed by atoms with Crippen molar-refractivity contribution < 1.29 is 18.8 Å². The standard InChI is InChI=1S/C22H29N5O4/c1-15(28)27(13-11-20-24-21(31-25-20)16-4-3-5-16)18-10-12-26(14-18)22(29)23-17-6-8-19(30-2)9-7-17/h6-9,16,18H,3-5,10-14H2,1-2H3,(H,23,29). The number of amides is 3. The SMILES string of the molecule is COc1ccc(NC(=O)N2CCC(N(CCc3noc(C4CCC4)n3)C(C)=O)C2)cc1. The Morgan fingerprint density at radius 3 is 2.68 bits per heavy atom. The second-order valence-electron chi connectivity index (χ2n) is 8.19. The Kier molecular flexibility index (Phi) is 6.39. The second-order valence-corrected chi connectivity index (χ2v) is 8.19. The number of hydrogen-bond acceptors (Lipinski definition) is 6. The van der Waals surface area contributed by atoms with Gasteiger partial charge in [-0.05, 0) is 43.5 Å². The van der Waals surface area contributed by atoms with Crippen LogP contribution in [0, 0.1) is 0 Å². The first-order chi connectivity index (χ1) is 15.0. The van der Waals surface area contributed by atoms with E-state index in [0.29, 0.717) is 43.5 Å². The van der Waals surface area contributed by atoms with E-state index in [2.05, 4.69) is 15.5 Å². The first kappa shape index (κ1) is 21.1. The van der Waals surface area contributed by atoms with Crippen LogP contribution in [-0.4, -0.2) is 64.7 Å². The van der Waals surface area contributed by atoms with Gasteiger partial charge in [-0.1, -0.05) is 11.6 Å². The fourth-order valence-electron chi connectivity index (χ4n) is 4.07. The van der Waals surface area contributed by atoms with Gasteiger partial charge in [-0.2, -0.15) is 4.98 Å². The highest BCUT2D eigenvalue weighted by atomic mass is 16.5. The Morgan fingerprint density at radius 2 is 2.03 bits per heavy atom. The Labute approximate surface area is 181 Å². The lowest BCUT2D eigenvalue weighted by atomic mass is 9.85. The van der Waals surface area contributed by atoms with Gasteiger partial charge in [0.15, 0.2) is 5.82 Å². The number of aromatic nitrogens is 2. The second kappa shape index (κ2) is 9.36. The zero-order valence-corrected chi connectivity index (χ0v) is 18.0. The third-order valence-electron chi connectivity index (χ3n) is 6.15. The van der Waals surface area contributed by atoms with Crippen molar-refractivity contribution in [2.24, 2.45) is 0 Å². The molecule has 1 unspecified atom stereocenters. The molecule has 2 aliphatic rings. The van der Waals surface area contributed by atoms with Gasteiger partial charge in [-0.15, -0.1) is 0 Å². The molecule has 2 heterocycles. The van der Waals surface area contributed by atoms with Crippen molar-refractivity contribution in [3.05, 3.63) is 36.0 Å². The van der Waals surface area contributed by atoms with Gasteiger partial charge in [-0.3, -0.25) is 4.79 Å². The molecular weight excluding hydrogens is 398 g/mol. The number of anilines is 1. The zero-order chi connectivity index (χ0) is 21.8. The molecule has 0 radical (unpaired) electrons. The van der Waals surface area contributed by atoms with E-state index in [1.54, 1.807) is 43.2 Å². The summed E-state index contributed by atoms with van der Waals surface area (Å²) in [5, 5.41) is 6.97. The Bertz CT molecular complexity index is 909. The van der Waals surface area contributed by atoms with Crippen molar-refractivity contribution in [2.75, 3.05) is 32.1 Å². The van der Waals surface area contributed by atoms with Crippen molar-refractivity contribution >= 4 is 17.6 Å². The largest absolute Gasteiger partial charge is 0.497 e. The van der Waals surface area contributed by atoms with Crippen molar-refractivity contribution in [3.63, 3.8) is 0 Å². The van der Waals surface area contributed by atoms with Crippen molar-refractivity contribution in [3.8, 4) is 5.75 Å². The van der Waals surface area contributed by atoms with Crippen LogP contribution in [0.15, 0.2) is 28.8 Å². The average molecular weight is 428 g/mol. The molecule has 1 atom stereocenters. The van der Waals surface area contributed by atoms with Crippen LogP contribution in [0.3, 0.4) is 0 Å². The van der Waals surface area contributed by atoms with Gasteiger partial charge in [0.1, 0.15) is 5.75 Å². The average Bonchev–Trinajstić information content (AvgIpc) is 3.38. The summed E-state index contributed by atoms with van der Waals surface area (Å²) in [6, 6.07) is 7.02. The van der Waals surface area contributed by atoms with E-state index < -0.39 is 0 Å². The molecule has 166 valence electrons. The van der Waals surface area contributed by atoms with Crippen LogP contribution in [0.2, 0.25) is 0 Å². The summed E-state index contributed by atoms with van der Waals surface area (Å²) in [5.41, 5.74) is 0.706. The number of nitrogens with one attached hydrogen (secondary N) is 1. The number of hydrogen-bond donors (Lipinski definition) is 1. The molecule has 1 aliphatic heterocycles. The molecule has 31 heavy (non-hydrogen) atoms. The van der Waals surface area contributed by atoms with E-state index in [1.807, 2.05) is 4.90 Å². The highest BCUT2D eigenvalue weighted by Crippen LogP contribution is 2.35. The lowest BCUT2D eigenvalue weighted by Crippen LogP contribution is -2.43. The van der Waals surface area contributed by atoms with Gasteiger partial charge >= 0.3 is 6.03 Å². The number of urea groups is 1. The highest BCUT2D eigenvalue weighted by Gasteiger charge is 2.32. The number of rotatable bonds is 7. The van der Waals surface area contributed by atoms with Crippen LogP contribution in [0.1, 0.15) is 50.2 Å². The summed E-state index contributed by atoms with van der Waals surface area (Å²) in [6.45, 7) is 3.18. The van der Waals surface area contributed by atoms with E-state index in [4.69, 9.17) is 9.26 Å². The number of ether oxygens (including phenoxy) is 1. The van der Waals surface area contributed by atoms with Gasteiger partial charge < -0.3 is 24.4 Å². The fourth-order valence-corrected chi connectivity index (χ4v) is 4.07. The van der Waals surface area contributed by atoms with Gasteiger partial charge in [0.05, 0.1) is 13.2 Å². The van der Waals surface area contributed by atoms with E-state index in [0.717, 1.165) is 30.9 Å². The van der Waals surface area contributed by atoms with Crippen LogP contribution < -0.4 is 10.1 Å². The summed E-state index contributed by atoms with van der Waals surface area (Å²) in [7, 11) is 1.60. The molecule has 1 saturated carbocycles. The summed E-state index contributed by atoms with van der Waals surface area (Å²) in [6.07, 6.45) is 4.72. The molecule has 2 fully saturated rings. The third kappa shape index (κ3) is 4.98. The van der Waals surface area contributed by atoms with Gasteiger partial charge in [-0.25, -0.2) is 4.79 Å². The van der Waals surface area contributed by atoms with E-state index in [1.165, 1.54) is 6.42 Å². The number of methoxy groups -OCH3 is 1. The van der Waals surface area contributed by atoms with E-state index >= 15 is 0 Å². The molecule has 1 saturated heterocycles. The van der Waals surface area contributed by atoms with Crippen LogP contribution in [-0.2, 0) is 11.2 Å². The Hall–Kier alpha value is -3.10. The molecule has 1 aliphatic carbocycles. The summed E-state index contributed by atoms with van der Waals surface area (Å²) >= 11 is 0. The first-order valence-corrected chi connectivity index (χ1v) is 10.8. The fraction of sp³-hybridized carbons (Fsp3) is 0.545. The minimum Gasteiger partial charge on any atom is -0.497 e. The molecule has 0 bridgehead atoms. The van der Waals surface area contributed by atoms with Crippen molar-refractivity contribution in [1.29, 1.82) is 0 Å². The maximum Gasteiger partial charge on any atom is 0.321 e. The van der Waals surface area contributed by atoms with Crippen LogP contribution in [0.25, 0.3) is 0 Å². The highest BCUT2D eigenvalue weighted by molar-refractivity contribution is 5.89. The molecule has 9 nitrogen and oxygen atoms in total. The van der Waals surface area contributed by atoms with Crippen LogP contribution in [0.5, 0.6) is 5.75 Å². The number of likely N-dealkylation sites (tertiary alicyclic amines) is 1. The smallest absolute Gasteiger partial charge is 0.321 e. The van der Waals surface area contributed by atoms with Crippen LogP contribution in [0.4, 0.5) is 10.5 Å².